The summed E-state index contributed by atoms with van der Waals surface area (Å²) in [5, 5.41) is 5.21. The number of imide groups is 1. The van der Waals surface area contributed by atoms with Gasteiger partial charge in [-0.1, -0.05) is 53.5 Å². The average Bonchev–Trinajstić information content (AvgIpc) is 2.56. The summed E-state index contributed by atoms with van der Waals surface area (Å²) in [6.07, 6.45) is -1.01. The van der Waals surface area contributed by atoms with Crippen LogP contribution in [0.25, 0.3) is 0 Å². The SMILES string of the molecule is CNC(=O)NC(=O)[C@H](Oc1ccc(Cl)c(Cl)c1)c1ccccc1. The monoisotopic (exact) mass is 352 g/mol. The molecule has 0 aliphatic rings. The van der Waals surface area contributed by atoms with Crippen LogP contribution in [0.3, 0.4) is 0 Å². The highest BCUT2D eigenvalue weighted by Crippen LogP contribution is 2.29. The van der Waals surface area contributed by atoms with Crippen LogP contribution in [0.4, 0.5) is 4.79 Å². The molecular formula is C16H14Cl2N2O3. The van der Waals surface area contributed by atoms with Gasteiger partial charge in [0.2, 0.25) is 6.10 Å². The fraction of sp³-hybridized carbons (Fsp3) is 0.125. The van der Waals surface area contributed by atoms with Crippen LogP contribution in [0.5, 0.6) is 5.75 Å². The van der Waals surface area contributed by atoms with Gasteiger partial charge in [0.1, 0.15) is 5.75 Å². The van der Waals surface area contributed by atoms with Crippen molar-refractivity contribution in [3.05, 3.63) is 64.1 Å². The number of ether oxygens (including phenoxy) is 1. The number of nitrogens with one attached hydrogen (secondary N) is 2. The second-order valence-corrected chi connectivity index (χ2v) is 5.37. The van der Waals surface area contributed by atoms with Crippen LogP contribution in [-0.4, -0.2) is 19.0 Å². The minimum absolute atomic E-state index is 0.308. The molecule has 0 bridgehead atoms. The number of carbonyl (C=O) groups is 2. The van der Waals surface area contributed by atoms with Crippen molar-refractivity contribution in [1.29, 1.82) is 0 Å². The summed E-state index contributed by atoms with van der Waals surface area (Å²) >= 11 is 11.8. The van der Waals surface area contributed by atoms with Crippen LogP contribution >= 0.6 is 23.2 Å². The molecule has 0 aliphatic heterocycles. The van der Waals surface area contributed by atoms with Crippen molar-refractivity contribution >= 4 is 35.1 Å². The lowest BCUT2D eigenvalue weighted by Crippen LogP contribution is -2.41. The van der Waals surface area contributed by atoms with Gasteiger partial charge in [-0.3, -0.25) is 10.1 Å². The first-order valence-electron chi connectivity index (χ1n) is 6.70. The third kappa shape index (κ3) is 4.61. The van der Waals surface area contributed by atoms with Crippen molar-refractivity contribution < 1.29 is 14.3 Å². The van der Waals surface area contributed by atoms with Crippen LogP contribution in [0, 0.1) is 0 Å². The van der Waals surface area contributed by atoms with Crippen LogP contribution in [0.15, 0.2) is 48.5 Å². The maximum Gasteiger partial charge on any atom is 0.321 e. The van der Waals surface area contributed by atoms with Crippen LogP contribution in [0.1, 0.15) is 11.7 Å². The van der Waals surface area contributed by atoms with E-state index in [1.165, 1.54) is 13.1 Å². The van der Waals surface area contributed by atoms with Gasteiger partial charge in [0.25, 0.3) is 5.91 Å². The summed E-state index contributed by atoms with van der Waals surface area (Å²) in [6.45, 7) is 0. The Bertz CT molecular complexity index is 708. The van der Waals surface area contributed by atoms with E-state index in [1.807, 2.05) is 6.07 Å². The van der Waals surface area contributed by atoms with E-state index < -0.39 is 18.0 Å². The molecule has 2 N–H and O–H groups in total. The summed E-state index contributed by atoms with van der Waals surface area (Å²) in [5.74, 6) is -0.234. The van der Waals surface area contributed by atoms with Gasteiger partial charge in [0.05, 0.1) is 10.0 Å². The molecule has 0 aromatic heterocycles. The van der Waals surface area contributed by atoms with Gasteiger partial charge in [-0.05, 0) is 12.1 Å². The highest BCUT2D eigenvalue weighted by molar-refractivity contribution is 6.42. The molecule has 3 amide bonds. The molecule has 23 heavy (non-hydrogen) atoms. The topological polar surface area (TPSA) is 67.4 Å². The Morgan fingerprint density at radius 1 is 1.04 bits per heavy atom. The summed E-state index contributed by atoms with van der Waals surface area (Å²) in [4.78, 5) is 23.7. The Labute approximate surface area is 143 Å². The molecule has 0 saturated carbocycles. The molecule has 1 atom stereocenters. The van der Waals surface area contributed by atoms with Crippen molar-refractivity contribution in [2.24, 2.45) is 0 Å². The van der Waals surface area contributed by atoms with Gasteiger partial charge >= 0.3 is 6.03 Å². The molecule has 120 valence electrons. The highest BCUT2D eigenvalue weighted by Gasteiger charge is 2.24. The van der Waals surface area contributed by atoms with E-state index in [2.05, 4.69) is 10.6 Å². The van der Waals surface area contributed by atoms with Gasteiger partial charge in [-0.2, -0.15) is 0 Å². The normalized spacial score (nSPS) is 11.4. The Balaban J connectivity index is 2.28. The number of hydrogen-bond donors (Lipinski definition) is 2. The number of hydrogen-bond acceptors (Lipinski definition) is 3. The third-order valence-electron chi connectivity index (χ3n) is 2.95. The molecule has 0 unspecified atom stereocenters. The molecule has 7 heteroatoms. The lowest BCUT2D eigenvalue weighted by atomic mass is 10.1. The van der Waals surface area contributed by atoms with Crippen molar-refractivity contribution in [1.82, 2.24) is 10.6 Å². The van der Waals surface area contributed by atoms with E-state index in [4.69, 9.17) is 27.9 Å². The maximum atomic E-state index is 12.3. The number of rotatable bonds is 4. The number of carbonyl (C=O) groups excluding carboxylic acids is 2. The minimum Gasteiger partial charge on any atom is -0.476 e. The van der Waals surface area contributed by atoms with E-state index in [0.717, 1.165) is 0 Å². The maximum absolute atomic E-state index is 12.3. The zero-order valence-corrected chi connectivity index (χ0v) is 13.7. The average molecular weight is 353 g/mol. The Kier molecular flexibility index (Phi) is 5.84. The van der Waals surface area contributed by atoms with Gasteiger partial charge in [-0.15, -0.1) is 0 Å². The fourth-order valence-corrected chi connectivity index (χ4v) is 2.12. The molecular weight excluding hydrogens is 339 g/mol. The van der Waals surface area contributed by atoms with E-state index in [1.54, 1.807) is 36.4 Å². The largest absolute Gasteiger partial charge is 0.476 e. The molecule has 0 saturated heterocycles. The minimum atomic E-state index is -1.01. The van der Waals surface area contributed by atoms with Crippen molar-refractivity contribution in [2.75, 3.05) is 7.05 Å². The van der Waals surface area contributed by atoms with Gasteiger partial charge < -0.3 is 10.1 Å². The van der Waals surface area contributed by atoms with E-state index in [-0.39, 0.29) is 0 Å². The molecule has 2 aromatic rings. The molecule has 5 nitrogen and oxygen atoms in total. The molecule has 0 radical (unpaired) electrons. The highest BCUT2D eigenvalue weighted by atomic mass is 35.5. The second kappa shape index (κ2) is 7.85. The molecule has 2 aromatic carbocycles. The van der Waals surface area contributed by atoms with Crippen molar-refractivity contribution in [3.63, 3.8) is 0 Å². The quantitative estimate of drug-likeness (QED) is 0.883. The summed E-state index contributed by atoms with van der Waals surface area (Å²) in [6, 6.07) is 12.9. The van der Waals surface area contributed by atoms with Gasteiger partial charge in [-0.25, -0.2) is 4.79 Å². The zero-order valence-electron chi connectivity index (χ0n) is 12.2. The fourth-order valence-electron chi connectivity index (χ4n) is 1.83. The Hall–Kier alpha value is -2.24. The first kappa shape index (κ1) is 17.1. The molecule has 0 spiro atoms. The number of urea groups is 1. The lowest BCUT2D eigenvalue weighted by molar-refractivity contribution is -0.127. The van der Waals surface area contributed by atoms with E-state index >= 15 is 0 Å². The lowest BCUT2D eigenvalue weighted by Gasteiger charge is -2.19. The van der Waals surface area contributed by atoms with Crippen LogP contribution in [-0.2, 0) is 4.79 Å². The summed E-state index contributed by atoms with van der Waals surface area (Å²) < 4.78 is 5.71. The third-order valence-corrected chi connectivity index (χ3v) is 3.69. The zero-order chi connectivity index (χ0) is 16.8. The first-order chi connectivity index (χ1) is 11.0. The molecule has 2 rings (SSSR count). The van der Waals surface area contributed by atoms with Crippen LogP contribution < -0.4 is 15.4 Å². The Morgan fingerprint density at radius 3 is 2.35 bits per heavy atom. The van der Waals surface area contributed by atoms with E-state index in [9.17, 15) is 9.59 Å². The summed E-state index contributed by atoms with van der Waals surface area (Å²) in [5.41, 5.74) is 0.597. The molecule has 0 aliphatic carbocycles. The van der Waals surface area contributed by atoms with Gasteiger partial charge in [0.15, 0.2) is 0 Å². The number of halogens is 2. The predicted molar refractivity (Wildman–Crippen MR) is 88.9 cm³/mol. The van der Waals surface area contributed by atoms with Gasteiger partial charge in [0, 0.05) is 18.7 Å². The Morgan fingerprint density at radius 2 is 1.74 bits per heavy atom. The molecule has 0 heterocycles. The smallest absolute Gasteiger partial charge is 0.321 e. The number of benzene rings is 2. The molecule has 0 fully saturated rings. The predicted octanol–water partition coefficient (Wildman–Crippen LogP) is 3.57. The standard InChI is InChI=1S/C16H14Cl2N2O3/c1-19-16(22)20-15(21)14(10-5-3-2-4-6-10)23-11-7-8-12(17)13(18)9-11/h2-9,14H,1H3,(H2,19,20,21,22)/t14-/m1/s1. The van der Waals surface area contributed by atoms with Crippen molar-refractivity contribution in [2.45, 2.75) is 6.10 Å². The van der Waals surface area contributed by atoms with Crippen molar-refractivity contribution in [3.8, 4) is 5.75 Å². The van der Waals surface area contributed by atoms with E-state index in [0.29, 0.717) is 21.4 Å². The van der Waals surface area contributed by atoms with Crippen LogP contribution in [0.2, 0.25) is 10.0 Å². The number of amides is 3. The summed E-state index contributed by atoms with van der Waals surface area (Å²) in [7, 11) is 1.42. The first-order valence-corrected chi connectivity index (χ1v) is 7.46. The second-order valence-electron chi connectivity index (χ2n) is 4.55.